The SMILES string of the molecule is CSCC(=O)N1CCNC(C)C1C. The number of amides is 1. The Balaban J connectivity index is 2.52. The fraction of sp³-hybridized carbons (Fsp3) is 0.889. The summed E-state index contributed by atoms with van der Waals surface area (Å²) >= 11 is 1.60. The number of nitrogens with one attached hydrogen (secondary N) is 1. The van der Waals surface area contributed by atoms with Gasteiger partial charge in [-0.05, 0) is 20.1 Å². The molecule has 0 aliphatic carbocycles. The third-order valence-electron chi connectivity index (χ3n) is 2.62. The van der Waals surface area contributed by atoms with E-state index in [4.69, 9.17) is 0 Å². The fourth-order valence-corrected chi connectivity index (χ4v) is 2.03. The maximum Gasteiger partial charge on any atom is 0.232 e. The van der Waals surface area contributed by atoms with E-state index in [0.29, 0.717) is 17.8 Å². The second-order valence-electron chi connectivity index (χ2n) is 3.50. The summed E-state index contributed by atoms with van der Waals surface area (Å²) in [5, 5.41) is 3.36. The smallest absolute Gasteiger partial charge is 0.232 e. The third kappa shape index (κ3) is 2.61. The molecule has 13 heavy (non-hydrogen) atoms. The van der Waals surface area contributed by atoms with Gasteiger partial charge in [0.15, 0.2) is 0 Å². The Morgan fingerprint density at radius 3 is 2.92 bits per heavy atom. The molecular formula is C9H18N2OS. The minimum Gasteiger partial charge on any atom is -0.336 e. The van der Waals surface area contributed by atoms with Gasteiger partial charge in [0.2, 0.25) is 5.91 Å². The van der Waals surface area contributed by atoms with Crippen LogP contribution in [0.3, 0.4) is 0 Å². The maximum atomic E-state index is 11.6. The Morgan fingerprint density at radius 1 is 1.62 bits per heavy atom. The second kappa shape index (κ2) is 4.86. The molecule has 1 aliphatic heterocycles. The third-order valence-corrected chi connectivity index (χ3v) is 3.16. The lowest BCUT2D eigenvalue weighted by molar-refractivity contribution is -0.131. The zero-order valence-corrected chi connectivity index (χ0v) is 9.36. The van der Waals surface area contributed by atoms with Crippen LogP contribution < -0.4 is 5.32 Å². The van der Waals surface area contributed by atoms with Crippen LogP contribution in [0.4, 0.5) is 0 Å². The zero-order chi connectivity index (χ0) is 9.84. The van der Waals surface area contributed by atoms with Crippen molar-refractivity contribution < 1.29 is 4.79 Å². The van der Waals surface area contributed by atoms with Crippen LogP contribution in [0, 0.1) is 0 Å². The average Bonchev–Trinajstić information content (AvgIpc) is 2.10. The largest absolute Gasteiger partial charge is 0.336 e. The average molecular weight is 202 g/mol. The monoisotopic (exact) mass is 202 g/mol. The van der Waals surface area contributed by atoms with E-state index >= 15 is 0 Å². The fourth-order valence-electron chi connectivity index (χ4n) is 1.61. The van der Waals surface area contributed by atoms with Crippen molar-refractivity contribution in [2.24, 2.45) is 0 Å². The van der Waals surface area contributed by atoms with Gasteiger partial charge in [-0.25, -0.2) is 0 Å². The molecule has 2 atom stereocenters. The van der Waals surface area contributed by atoms with Gasteiger partial charge < -0.3 is 10.2 Å². The number of hydrogen-bond acceptors (Lipinski definition) is 3. The van der Waals surface area contributed by atoms with Crippen molar-refractivity contribution in [3.8, 4) is 0 Å². The van der Waals surface area contributed by atoms with Gasteiger partial charge in [-0.15, -0.1) is 0 Å². The summed E-state index contributed by atoms with van der Waals surface area (Å²) in [5.74, 6) is 0.880. The van der Waals surface area contributed by atoms with Crippen LogP contribution in [-0.4, -0.2) is 48.0 Å². The number of nitrogens with zero attached hydrogens (tertiary/aromatic N) is 1. The number of hydrogen-bond donors (Lipinski definition) is 1. The summed E-state index contributed by atoms with van der Waals surface area (Å²) in [6, 6.07) is 0.743. The molecule has 76 valence electrons. The van der Waals surface area contributed by atoms with E-state index in [2.05, 4.69) is 19.2 Å². The molecule has 0 aromatic carbocycles. The number of carbonyl (C=O) groups excluding carboxylic acids is 1. The number of piperazine rings is 1. The van der Waals surface area contributed by atoms with Crippen LogP contribution in [0.1, 0.15) is 13.8 Å². The molecule has 1 rings (SSSR count). The van der Waals surface area contributed by atoms with E-state index in [9.17, 15) is 4.79 Å². The first-order chi connectivity index (χ1) is 6.16. The molecule has 4 heteroatoms. The van der Waals surface area contributed by atoms with Crippen molar-refractivity contribution in [1.29, 1.82) is 0 Å². The van der Waals surface area contributed by atoms with Crippen molar-refractivity contribution in [2.75, 3.05) is 25.1 Å². The highest BCUT2D eigenvalue weighted by Gasteiger charge is 2.27. The predicted octanol–water partition coefficient (Wildman–Crippen LogP) is 0.558. The van der Waals surface area contributed by atoms with Crippen LogP contribution in [-0.2, 0) is 4.79 Å². The van der Waals surface area contributed by atoms with Crippen LogP contribution in [0.5, 0.6) is 0 Å². The van der Waals surface area contributed by atoms with Gasteiger partial charge in [-0.1, -0.05) is 0 Å². The van der Waals surface area contributed by atoms with Gasteiger partial charge in [-0.2, -0.15) is 11.8 Å². The van der Waals surface area contributed by atoms with Crippen molar-refractivity contribution in [3.05, 3.63) is 0 Å². The lowest BCUT2D eigenvalue weighted by atomic mass is 10.1. The van der Waals surface area contributed by atoms with Gasteiger partial charge in [0.25, 0.3) is 0 Å². The quantitative estimate of drug-likeness (QED) is 0.710. The molecule has 0 saturated carbocycles. The van der Waals surface area contributed by atoms with Crippen molar-refractivity contribution in [3.63, 3.8) is 0 Å². The van der Waals surface area contributed by atoms with E-state index in [-0.39, 0.29) is 5.91 Å². The van der Waals surface area contributed by atoms with E-state index in [1.165, 1.54) is 0 Å². The van der Waals surface area contributed by atoms with E-state index in [1.54, 1.807) is 11.8 Å². The summed E-state index contributed by atoms with van der Waals surface area (Å²) in [5.41, 5.74) is 0. The molecule has 2 unspecified atom stereocenters. The highest BCUT2D eigenvalue weighted by Crippen LogP contribution is 2.10. The molecule has 1 heterocycles. The summed E-state index contributed by atoms with van der Waals surface area (Å²) in [6.07, 6.45) is 1.97. The molecule has 3 nitrogen and oxygen atoms in total. The minimum absolute atomic E-state index is 0.272. The van der Waals surface area contributed by atoms with Gasteiger partial charge >= 0.3 is 0 Å². The summed E-state index contributed by atoms with van der Waals surface area (Å²) < 4.78 is 0. The predicted molar refractivity (Wildman–Crippen MR) is 57.0 cm³/mol. The lowest BCUT2D eigenvalue weighted by Gasteiger charge is -2.38. The van der Waals surface area contributed by atoms with Crippen LogP contribution in [0.25, 0.3) is 0 Å². The molecule has 1 amide bonds. The summed E-state index contributed by atoms with van der Waals surface area (Å²) in [4.78, 5) is 13.6. The van der Waals surface area contributed by atoms with E-state index in [1.807, 2.05) is 11.2 Å². The van der Waals surface area contributed by atoms with Crippen LogP contribution in [0.2, 0.25) is 0 Å². The zero-order valence-electron chi connectivity index (χ0n) is 8.54. The van der Waals surface area contributed by atoms with E-state index < -0.39 is 0 Å². The molecule has 0 spiro atoms. The topological polar surface area (TPSA) is 32.3 Å². The molecule has 0 aromatic heterocycles. The Kier molecular flexibility index (Phi) is 4.06. The van der Waals surface area contributed by atoms with Crippen molar-refractivity contribution >= 4 is 17.7 Å². The molecule has 1 saturated heterocycles. The highest BCUT2D eigenvalue weighted by atomic mass is 32.2. The van der Waals surface area contributed by atoms with E-state index in [0.717, 1.165) is 13.1 Å². The number of carbonyl (C=O) groups is 1. The molecule has 0 aromatic rings. The molecule has 1 aliphatic rings. The minimum atomic E-state index is 0.272. The molecular weight excluding hydrogens is 184 g/mol. The molecule has 1 fully saturated rings. The standard InChI is InChI=1S/C9H18N2OS/c1-7-8(2)11(5-4-10-7)9(12)6-13-3/h7-8,10H,4-6H2,1-3H3. The first-order valence-electron chi connectivity index (χ1n) is 4.68. The van der Waals surface area contributed by atoms with Crippen molar-refractivity contribution in [1.82, 2.24) is 10.2 Å². The molecule has 0 radical (unpaired) electrons. The first-order valence-corrected chi connectivity index (χ1v) is 6.08. The number of rotatable bonds is 2. The lowest BCUT2D eigenvalue weighted by Crippen LogP contribution is -2.57. The second-order valence-corrected chi connectivity index (χ2v) is 4.37. The van der Waals surface area contributed by atoms with Crippen LogP contribution in [0.15, 0.2) is 0 Å². The van der Waals surface area contributed by atoms with Gasteiger partial charge in [-0.3, -0.25) is 4.79 Å². The molecule has 1 N–H and O–H groups in total. The Bertz CT molecular complexity index is 186. The van der Waals surface area contributed by atoms with Gasteiger partial charge in [0.05, 0.1) is 5.75 Å². The molecule has 0 bridgehead atoms. The Labute approximate surface area is 84.2 Å². The van der Waals surface area contributed by atoms with Gasteiger partial charge in [0.1, 0.15) is 0 Å². The Morgan fingerprint density at radius 2 is 2.31 bits per heavy atom. The maximum absolute atomic E-state index is 11.6. The first kappa shape index (κ1) is 10.9. The normalized spacial score (nSPS) is 29.0. The van der Waals surface area contributed by atoms with Crippen LogP contribution >= 0.6 is 11.8 Å². The summed E-state index contributed by atoms with van der Waals surface area (Å²) in [7, 11) is 0. The summed E-state index contributed by atoms with van der Waals surface area (Å²) in [6.45, 7) is 6.01. The van der Waals surface area contributed by atoms with Gasteiger partial charge in [0, 0.05) is 25.2 Å². The highest BCUT2D eigenvalue weighted by molar-refractivity contribution is 7.99. The number of thioether (sulfide) groups is 1. The van der Waals surface area contributed by atoms with Crippen molar-refractivity contribution in [2.45, 2.75) is 25.9 Å². The Hall–Kier alpha value is -0.220.